The first kappa shape index (κ1) is 13.5. The molecule has 0 aliphatic rings. The SMILES string of the molecule is NC(c1ccc(F)c(F)c1)c1cc(F)c(F)c(F)c1. The first-order chi connectivity index (χ1) is 8.90. The monoisotopic (exact) mass is 273 g/mol. The second-order valence-corrected chi connectivity index (χ2v) is 3.95. The van der Waals surface area contributed by atoms with Crippen molar-refractivity contribution in [2.75, 3.05) is 0 Å². The van der Waals surface area contributed by atoms with Crippen molar-refractivity contribution in [3.63, 3.8) is 0 Å². The van der Waals surface area contributed by atoms with Crippen LogP contribution in [0.15, 0.2) is 30.3 Å². The van der Waals surface area contributed by atoms with Crippen molar-refractivity contribution >= 4 is 0 Å². The van der Waals surface area contributed by atoms with E-state index >= 15 is 0 Å². The smallest absolute Gasteiger partial charge is 0.194 e. The zero-order valence-corrected chi connectivity index (χ0v) is 9.43. The topological polar surface area (TPSA) is 26.0 Å². The maximum absolute atomic E-state index is 13.1. The molecule has 0 radical (unpaired) electrons. The van der Waals surface area contributed by atoms with Gasteiger partial charge in [0.1, 0.15) is 0 Å². The molecule has 2 N–H and O–H groups in total. The van der Waals surface area contributed by atoms with Gasteiger partial charge in [0.05, 0.1) is 6.04 Å². The molecule has 0 heterocycles. The van der Waals surface area contributed by atoms with Crippen LogP contribution >= 0.6 is 0 Å². The lowest BCUT2D eigenvalue weighted by atomic mass is 9.99. The van der Waals surface area contributed by atoms with Gasteiger partial charge in [-0.15, -0.1) is 0 Å². The summed E-state index contributed by atoms with van der Waals surface area (Å²) >= 11 is 0. The Kier molecular flexibility index (Phi) is 3.53. The Morgan fingerprint density at radius 3 is 1.74 bits per heavy atom. The second kappa shape index (κ2) is 4.97. The van der Waals surface area contributed by atoms with Gasteiger partial charge in [0.15, 0.2) is 29.1 Å². The summed E-state index contributed by atoms with van der Waals surface area (Å²) in [6.07, 6.45) is 0. The minimum Gasteiger partial charge on any atom is -0.320 e. The molecule has 1 atom stereocenters. The van der Waals surface area contributed by atoms with Crippen molar-refractivity contribution < 1.29 is 22.0 Å². The second-order valence-electron chi connectivity index (χ2n) is 3.95. The number of rotatable bonds is 2. The number of benzene rings is 2. The maximum Gasteiger partial charge on any atom is 0.194 e. The van der Waals surface area contributed by atoms with Crippen LogP contribution in [0.25, 0.3) is 0 Å². The normalized spacial score (nSPS) is 12.5. The van der Waals surface area contributed by atoms with Crippen LogP contribution in [0.4, 0.5) is 22.0 Å². The number of hydrogen-bond acceptors (Lipinski definition) is 1. The molecule has 1 unspecified atom stereocenters. The van der Waals surface area contributed by atoms with Crippen LogP contribution in [-0.2, 0) is 0 Å². The highest BCUT2D eigenvalue weighted by molar-refractivity contribution is 5.32. The third kappa shape index (κ3) is 2.58. The number of nitrogens with two attached hydrogens (primary N) is 1. The first-order valence-corrected chi connectivity index (χ1v) is 5.25. The Morgan fingerprint density at radius 1 is 0.684 bits per heavy atom. The summed E-state index contributed by atoms with van der Waals surface area (Å²) in [5, 5.41) is 0. The average molecular weight is 273 g/mol. The van der Waals surface area contributed by atoms with Crippen LogP contribution in [0.3, 0.4) is 0 Å². The van der Waals surface area contributed by atoms with E-state index < -0.39 is 35.1 Å². The molecule has 0 fully saturated rings. The molecule has 1 nitrogen and oxygen atoms in total. The van der Waals surface area contributed by atoms with Gasteiger partial charge < -0.3 is 5.73 Å². The molecule has 0 aliphatic carbocycles. The quantitative estimate of drug-likeness (QED) is 0.658. The molecule has 0 saturated carbocycles. The Balaban J connectivity index is 2.43. The fourth-order valence-corrected chi connectivity index (χ4v) is 1.65. The zero-order valence-electron chi connectivity index (χ0n) is 9.43. The molecule has 0 saturated heterocycles. The van der Waals surface area contributed by atoms with Gasteiger partial charge >= 0.3 is 0 Å². The van der Waals surface area contributed by atoms with Crippen molar-refractivity contribution in [1.82, 2.24) is 0 Å². The first-order valence-electron chi connectivity index (χ1n) is 5.25. The lowest BCUT2D eigenvalue weighted by molar-refractivity contribution is 0.444. The van der Waals surface area contributed by atoms with E-state index in [1.165, 1.54) is 6.07 Å². The fourth-order valence-electron chi connectivity index (χ4n) is 1.65. The zero-order chi connectivity index (χ0) is 14.2. The highest BCUT2D eigenvalue weighted by Gasteiger charge is 2.17. The van der Waals surface area contributed by atoms with Gasteiger partial charge in [0.2, 0.25) is 0 Å². The van der Waals surface area contributed by atoms with E-state index in [4.69, 9.17) is 5.73 Å². The maximum atomic E-state index is 13.1. The van der Waals surface area contributed by atoms with E-state index in [0.29, 0.717) is 12.1 Å². The summed E-state index contributed by atoms with van der Waals surface area (Å²) in [6, 6.07) is 3.18. The van der Waals surface area contributed by atoms with Gasteiger partial charge in [-0.1, -0.05) is 6.07 Å². The lowest BCUT2D eigenvalue weighted by Gasteiger charge is -2.13. The van der Waals surface area contributed by atoms with Crippen LogP contribution in [0.1, 0.15) is 17.2 Å². The molecule has 0 amide bonds. The van der Waals surface area contributed by atoms with E-state index in [2.05, 4.69) is 0 Å². The van der Waals surface area contributed by atoms with Gasteiger partial charge in [-0.2, -0.15) is 0 Å². The highest BCUT2D eigenvalue weighted by Crippen LogP contribution is 2.24. The van der Waals surface area contributed by atoms with Crippen LogP contribution in [0.5, 0.6) is 0 Å². The molecule has 0 aliphatic heterocycles. The van der Waals surface area contributed by atoms with Gasteiger partial charge in [-0.3, -0.25) is 0 Å². The number of hydrogen-bond donors (Lipinski definition) is 1. The lowest BCUT2D eigenvalue weighted by Crippen LogP contribution is -2.13. The molecule has 0 bridgehead atoms. The summed E-state index contributed by atoms with van der Waals surface area (Å²) in [5.41, 5.74) is 5.71. The highest BCUT2D eigenvalue weighted by atomic mass is 19.2. The van der Waals surface area contributed by atoms with Gasteiger partial charge in [0, 0.05) is 0 Å². The van der Waals surface area contributed by atoms with Gasteiger partial charge in [-0.05, 0) is 35.4 Å². The van der Waals surface area contributed by atoms with Crippen LogP contribution < -0.4 is 5.73 Å². The molecular formula is C13H8F5N. The van der Waals surface area contributed by atoms with Crippen molar-refractivity contribution in [3.8, 4) is 0 Å². The van der Waals surface area contributed by atoms with Gasteiger partial charge in [-0.25, -0.2) is 22.0 Å². The molecule has 0 aromatic heterocycles. The Bertz CT molecular complexity index is 603. The summed E-state index contributed by atoms with van der Waals surface area (Å²) < 4.78 is 64.7. The van der Waals surface area contributed by atoms with Crippen LogP contribution in [-0.4, -0.2) is 0 Å². The predicted molar refractivity (Wildman–Crippen MR) is 58.7 cm³/mol. The van der Waals surface area contributed by atoms with E-state index in [9.17, 15) is 22.0 Å². The van der Waals surface area contributed by atoms with Crippen molar-refractivity contribution in [2.45, 2.75) is 6.04 Å². The third-order valence-electron chi connectivity index (χ3n) is 2.67. The van der Waals surface area contributed by atoms with E-state index in [0.717, 1.165) is 12.1 Å². The van der Waals surface area contributed by atoms with Crippen LogP contribution in [0.2, 0.25) is 0 Å². The molecule has 19 heavy (non-hydrogen) atoms. The Labute approximate surface area is 105 Å². The fraction of sp³-hybridized carbons (Fsp3) is 0.0769. The van der Waals surface area contributed by atoms with Gasteiger partial charge in [0.25, 0.3) is 0 Å². The third-order valence-corrected chi connectivity index (χ3v) is 2.67. The predicted octanol–water partition coefficient (Wildman–Crippen LogP) is 3.43. The molecule has 6 heteroatoms. The summed E-state index contributed by atoms with van der Waals surface area (Å²) in [6.45, 7) is 0. The summed E-state index contributed by atoms with van der Waals surface area (Å²) in [5.74, 6) is -6.59. The molecule has 100 valence electrons. The molecule has 2 aromatic carbocycles. The van der Waals surface area contributed by atoms with E-state index in [1.54, 1.807) is 0 Å². The average Bonchev–Trinajstić information content (AvgIpc) is 2.37. The van der Waals surface area contributed by atoms with E-state index in [1.807, 2.05) is 0 Å². The largest absolute Gasteiger partial charge is 0.320 e. The molecule has 2 aromatic rings. The molecule has 0 spiro atoms. The van der Waals surface area contributed by atoms with Crippen molar-refractivity contribution in [3.05, 3.63) is 70.5 Å². The van der Waals surface area contributed by atoms with Crippen molar-refractivity contribution in [2.24, 2.45) is 5.73 Å². The summed E-state index contributed by atoms with van der Waals surface area (Å²) in [4.78, 5) is 0. The minimum absolute atomic E-state index is 0.0811. The summed E-state index contributed by atoms with van der Waals surface area (Å²) in [7, 11) is 0. The van der Waals surface area contributed by atoms with E-state index in [-0.39, 0.29) is 11.1 Å². The Hall–Kier alpha value is -1.95. The molecule has 2 rings (SSSR count). The molecular weight excluding hydrogens is 265 g/mol. The standard InChI is InChI=1S/C13H8F5N/c14-8-2-1-6(3-9(8)15)13(19)7-4-10(16)12(18)11(17)5-7/h1-5,13H,19H2. The van der Waals surface area contributed by atoms with Crippen molar-refractivity contribution in [1.29, 1.82) is 0 Å². The number of halogens is 5. The Morgan fingerprint density at radius 2 is 1.21 bits per heavy atom. The van der Waals surface area contributed by atoms with Crippen LogP contribution in [0, 0.1) is 29.1 Å². The minimum atomic E-state index is -1.61.